The first-order chi connectivity index (χ1) is 9.99. The molecule has 0 unspecified atom stereocenters. The third kappa shape index (κ3) is 3.45. The average molecular weight is 284 g/mol. The van der Waals surface area contributed by atoms with Crippen LogP contribution >= 0.6 is 0 Å². The summed E-state index contributed by atoms with van der Waals surface area (Å²) in [5.74, 6) is -1.45. The van der Waals surface area contributed by atoms with E-state index >= 15 is 0 Å². The Balaban J connectivity index is 2.18. The van der Waals surface area contributed by atoms with Crippen molar-refractivity contribution in [3.8, 4) is 0 Å². The quantitative estimate of drug-likeness (QED) is 0.935. The van der Waals surface area contributed by atoms with Gasteiger partial charge in [-0.1, -0.05) is 30.3 Å². The van der Waals surface area contributed by atoms with E-state index in [1.165, 1.54) is 23.1 Å². The van der Waals surface area contributed by atoms with Crippen LogP contribution in [-0.4, -0.2) is 33.9 Å². The van der Waals surface area contributed by atoms with Gasteiger partial charge in [-0.25, -0.2) is 9.78 Å². The maximum Gasteiger partial charge on any atom is 0.354 e. The molecule has 0 saturated carbocycles. The van der Waals surface area contributed by atoms with Crippen LogP contribution in [0.15, 0.2) is 42.5 Å². The highest BCUT2D eigenvalue weighted by Gasteiger charge is 2.16. The number of carboxylic acids is 1. The second kappa shape index (κ2) is 6.17. The van der Waals surface area contributed by atoms with Crippen molar-refractivity contribution in [2.75, 3.05) is 7.05 Å². The summed E-state index contributed by atoms with van der Waals surface area (Å²) in [5, 5.41) is 8.91. The van der Waals surface area contributed by atoms with Crippen molar-refractivity contribution >= 4 is 11.9 Å². The molecule has 5 nitrogen and oxygen atoms in total. The van der Waals surface area contributed by atoms with E-state index in [1.807, 2.05) is 31.2 Å². The summed E-state index contributed by atoms with van der Waals surface area (Å²) in [6, 6.07) is 12.2. The fourth-order valence-corrected chi connectivity index (χ4v) is 1.98. The molecule has 0 radical (unpaired) electrons. The third-order valence-corrected chi connectivity index (χ3v) is 3.20. The van der Waals surface area contributed by atoms with Gasteiger partial charge in [0, 0.05) is 13.6 Å². The number of aryl methyl sites for hydroxylation is 1. The number of nitrogens with zero attached hydrogens (tertiary/aromatic N) is 2. The number of hydrogen-bond acceptors (Lipinski definition) is 3. The smallest absolute Gasteiger partial charge is 0.354 e. The Morgan fingerprint density at radius 3 is 2.43 bits per heavy atom. The van der Waals surface area contributed by atoms with E-state index in [0.717, 1.165) is 11.1 Å². The van der Waals surface area contributed by atoms with E-state index in [0.29, 0.717) is 6.54 Å². The van der Waals surface area contributed by atoms with Crippen molar-refractivity contribution in [2.45, 2.75) is 13.5 Å². The predicted molar refractivity (Wildman–Crippen MR) is 78.2 cm³/mol. The number of aromatic carboxylic acids is 1. The van der Waals surface area contributed by atoms with Crippen molar-refractivity contribution in [2.24, 2.45) is 0 Å². The highest BCUT2D eigenvalue weighted by atomic mass is 16.4. The third-order valence-electron chi connectivity index (χ3n) is 3.20. The molecule has 0 spiro atoms. The van der Waals surface area contributed by atoms with Crippen molar-refractivity contribution in [1.82, 2.24) is 9.88 Å². The normalized spacial score (nSPS) is 10.2. The molecule has 1 aromatic carbocycles. The molecule has 0 bridgehead atoms. The number of aromatic nitrogens is 1. The Morgan fingerprint density at radius 2 is 1.76 bits per heavy atom. The molecule has 0 saturated heterocycles. The van der Waals surface area contributed by atoms with Crippen LogP contribution in [0.25, 0.3) is 0 Å². The van der Waals surface area contributed by atoms with E-state index in [2.05, 4.69) is 4.98 Å². The molecule has 0 atom stereocenters. The van der Waals surface area contributed by atoms with Gasteiger partial charge in [0.2, 0.25) is 0 Å². The molecule has 0 aliphatic carbocycles. The summed E-state index contributed by atoms with van der Waals surface area (Å²) < 4.78 is 0. The lowest BCUT2D eigenvalue weighted by Crippen LogP contribution is -2.27. The SMILES string of the molecule is Cc1ccccc1CN(C)C(=O)c1cccc(C(=O)O)n1. The molecule has 1 heterocycles. The average Bonchev–Trinajstić information content (AvgIpc) is 2.49. The topological polar surface area (TPSA) is 70.5 Å². The van der Waals surface area contributed by atoms with Gasteiger partial charge in [-0.3, -0.25) is 4.79 Å². The standard InChI is InChI=1S/C16H16N2O3/c1-11-6-3-4-7-12(11)10-18(2)15(19)13-8-5-9-14(17-13)16(20)21/h3-9H,10H2,1-2H3,(H,20,21). The second-order valence-electron chi connectivity index (χ2n) is 4.80. The minimum atomic E-state index is -1.15. The van der Waals surface area contributed by atoms with E-state index in [4.69, 9.17) is 5.11 Å². The van der Waals surface area contributed by atoms with E-state index in [9.17, 15) is 9.59 Å². The zero-order chi connectivity index (χ0) is 15.4. The Morgan fingerprint density at radius 1 is 1.10 bits per heavy atom. The monoisotopic (exact) mass is 284 g/mol. The molecule has 0 aliphatic heterocycles. The zero-order valence-electron chi connectivity index (χ0n) is 11.9. The molecule has 21 heavy (non-hydrogen) atoms. The maximum atomic E-state index is 12.3. The highest BCUT2D eigenvalue weighted by Crippen LogP contribution is 2.11. The fraction of sp³-hybridized carbons (Fsp3) is 0.188. The predicted octanol–water partition coefficient (Wildman–Crippen LogP) is 2.36. The first-order valence-corrected chi connectivity index (χ1v) is 6.49. The van der Waals surface area contributed by atoms with Crippen molar-refractivity contribution < 1.29 is 14.7 Å². The lowest BCUT2D eigenvalue weighted by Gasteiger charge is -2.18. The number of benzene rings is 1. The largest absolute Gasteiger partial charge is 0.477 e. The summed E-state index contributed by atoms with van der Waals surface area (Å²) in [7, 11) is 1.67. The van der Waals surface area contributed by atoms with E-state index in [1.54, 1.807) is 7.05 Å². The van der Waals surface area contributed by atoms with Crippen LogP contribution in [0.5, 0.6) is 0 Å². The van der Waals surface area contributed by atoms with Gasteiger partial charge in [0.05, 0.1) is 0 Å². The number of pyridine rings is 1. The molecule has 5 heteroatoms. The molecule has 0 fully saturated rings. The number of rotatable bonds is 4. The van der Waals surface area contributed by atoms with Gasteiger partial charge in [-0.05, 0) is 30.2 Å². The number of amides is 1. The number of hydrogen-bond donors (Lipinski definition) is 1. The Labute approximate surface area is 122 Å². The summed E-state index contributed by atoms with van der Waals surface area (Å²) >= 11 is 0. The van der Waals surface area contributed by atoms with Gasteiger partial charge >= 0.3 is 5.97 Å². The Hall–Kier alpha value is -2.69. The molecule has 1 N–H and O–H groups in total. The van der Waals surface area contributed by atoms with Gasteiger partial charge in [-0.15, -0.1) is 0 Å². The number of carbonyl (C=O) groups excluding carboxylic acids is 1. The lowest BCUT2D eigenvalue weighted by atomic mass is 10.1. The summed E-state index contributed by atoms with van der Waals surface area (Å²) in [5.41, 5.74) is 2.14. The highest BCUT2D eigenvalue weighted by molar-refractivity contribution is 5.94. The Bertz CT molecular complexity index is 683. The van der Waals surface area contributed by atoms with Gasteiger partial charge in [0.25, 0.3) is 5.91 Å². The maximum absolute atomic E-state index is 12.3. The van der Waals surface area contributed by atoms with Crippen LogP contribution in [0.2, 0.25) is 0 Å². The summed E-state index contributed by atoms with van der Waals surface area (Å²) in [6.07, 6.45) is 0. The van der Waals surface area contributed by atoms with Gasteiger partial charge in [0.1, 0.15) is 11.4 Å². The van der Waals surface area contributed by atoms with Crippen molar-refractivity contribution in [3.63, 3.8) is 0 Å². The molecular formula is C16H16N2O3. The van der Waals surface area contributed by atoms with Gasteiger partial charge < -0.3 is 10.0 Å². The van der Waals surface area contributed by atoms with Gasteiger partial charge in [-0.2, -0.15) is 0 Å². The van der Waals surface area contributed by atoms with Crippen LogP contribution in [0.4, 0.5) is 0 Å². The number of carbonyl (C=O) groups is 2. The molecule has 2 rings (SSSR count). The number of carboxylic acid groups (broad SMARTS) is 1. The molecule has 1 amide bonds. The van der Waals surface area contributed by atoms with Crippen LogP contribution in [0, 0.1) is 6.92 Å². The molecule has 108 valence electrons. The first kappa shape index (κ1) is 14.7. The Kier molecular flexibility index (Phi) is 4.33. The van der Waals surface area contributed by atoms with E-state index in [-0.39, 0.29) is 17.3 Å². The minimum Gasteiger partial charge on any atom is -0.477 e. The van der Waals surface area contributed by atoms with Crippen LogP contribution in [-0.2, 0) is 6.54 Å². The zero-order valence-corrected chi connectivity index (χ0v) is 11.9. The molecule has 0 aliphatic rings. The van der Waals surface area contributed by atoms with E-state index < -0.39 is 5.97 Å². The minimum absolute atomic E-state index is 0.131. The van der Waals surface area contributed by atoms with Crippen molar-refractivity contribution in [3.05, 3.63) is 65.0 Å². The van der Waals surface area contributed by atoms with Crippen LogP contribution in [0.3, 0.4) is 0 Å². The first-order valence-electron chi connectivity index (χ1n) is 6.49. The molecule has 1 aromatic heterocycles. The second-order valence-corrected chi connectivity index (χ2v) is 4.80. The summed E-state index contributed by atoms with van der Waals surface area (Å²) in [6.45, 7) is 2.43. The lowest BCUT2D eigenvalue weighted by molar-refractivity contribution is 0.0690. The van der Waals surface area contributed by atoms with Crippen molar-refractivity contribution in [1.29, 1.82) is 0 Å². The van der Waals surface area contributed by atoms with Gasteiger partial charge in [0.15, 0.2) is 0 Å². The van der Waals surface area contributed by atoms with Crippen LogP contribution < -0.4 is 0 Å². The molecule has 2 aromatic rings. The molecular weight excluding hydrogens is 268 g/mol. The van der Waals surface area contributed by atoms with Crippen LogP contribution in [0.1, 0.15) is 32.1 Å². The summed E-state index contributed by atoms with van der Waals surface area (Å²) in [4.78, 5) is 28.6. The fourth-order valence-electron chi connectivity index (χ4n) is 1.98.